The number of alkyl halides is 3. The van der Waals surface area contributed by atoms with Crippen LogP contribution >= 0.6 is 12.4 Å². The Hall–Kier alpha value is -1.54. The number of ether oxygens (including phenoxy) is 1. The first kappa shape index (κ1) is 20.5. The number of anilines is 1. The predicted octanol–water partition coefficient (Wildman–Crippen LogP) is 3.11. The summed E-state index contributed by atoms with van der Waals surface area (Å²) in [5.74, 6) is -2.10. The van der Waals surface area contributed by atoms with Gasteiger partial charge in [0.2, 0.25) is 5.91 Å². The van der Waals surface area contributed by atoms with Crippen molar-refractivity contribution >= 4 is 24.0 Å². The molecule has 0 aliphatic rings. The van der Waals surface area contributed by atoms with Gasteiger partial charge in [-0.3, -0.25) is 4.79 Å². The third-order valence-corrected chi connectivity index (χ3v) is 2.79. The monoisotopic (exact) mass is 344 g/mol. The first-order valence-electron chi connectivity index (χ1n) is 6.15. The quantitative estimate of drug-likeness (QED) is 0.807. The van der Waals surface area contributed by atoms with Crippen molar-refractivity contribution in [2.24, 2.45) is 11.7 Å². The van der Waals surface area contributed by atoms with Crippen LogP contribution in [0.25, 0.3) is 0 Å². The molecule has 2 unspecified atom stereocenters. The fraction of sp³-hybridized carbons (Fsp3) is 0.462. The van der Waals surface area contributed by atoms with E-state index in [2.05, 4.69) is 10.1 Å². The second kappa shape index (κ2) is 8.19. The van der Waals surface area contributed by atoms with E-state index < -0.39 is 36.5 Å². The standard InChI is InChI=1S/C13H16F4N2O2.ClH/c1-7(8(2)18)12(20)19-10-5-9(14)3-4-11(10)21-6-13(15,16)17;/h3-5,7-8H,6,18H2,1-2H3,(H,19,20);1H. The number of rotatable bonds is 5. The van der Waals surface area contributed by atoms with Crippen molar-refractivity contribution in [2.45, 2.75) is 26.1 Å². The van der Waals surface area contributed by atoms with Crippen LogP contribution in [0.3, 0.4) is 0 Å². The maximum absolute atomic E-state index is 13.2. The molecule has 0 spiro atoms. The molecular weight excluding hydrogens is 328 g/mol. The van der Waals surface area contributed by atoms with Gasteiger partial charge in [0.1, 0.15) is 11.6 Å². The van der Waals surface area contributed by atoms with E-state index in [1.54, 1.807) is 13.8 Å². The molecule has 9 heteroatoms. The van der Waals surface area contributed by atoms with Crippen molar-refractivity contribution in [1.29, 1.82) is 0 Å². The topological polar surface area (TPSA) is 64.4 Å². The number of halogens is 5. The average molecular weight is 345 g/mol. The van der Waals surface area contributed by atoms with Crippen molar-refractivity contribution in [3.8, 4) is 5.75 Å². The number of carbonyl (C=O) groups excluding carboxylic acids is 1. The lowest BCUT2D eigenvalue weighted by Gasteiger charge is -2.18. The van der Waals surface area contributed by atoms with Gasteiger partial charge in [0.15, 0.2) is 6.61 Å². The van der Waals surface area contributed by atoms with Crippen molar-refractivity contribution in [3.63, 3.8) is 0 Å². The fourth-order valence-electron chi connectivity index (χ4n) is 1.37. The number of hydrogen-bond donors (Lipinski definition) is 2. The third kappa shape index (κ3) is 6.48. The van der Waals surface area contributed by atoms with Crippen LogP contribution in [0.1, 0.15) is 13.8 Å². The molecule has 4 nitrogen and oxygen atoms in total. The Morgan fingerprint density at radius 1 is 1.36 bits per heavy atom. The van der Waals surface area contributed by atoms with Gasteiger partial charge in [0, 0.05) is 12.1 Å². The number of benzene rings is 1. The number of amides is 1. The minimum atomic E-state index is -4.53. The van der Waals surface area contributed by atoms with Crippen LogP contribution in [0.2, 0.25) is 0 Å². The molecule has 126 valence electrons. The van der Waals surface area contributed by atoms with Gasteiger partial charge in [-0.05, 0) is 19.1 Å². The number of nitrogens with two attached hydrogens (primary N) is 1. The van der Waals surface area contributed by atoms with Crippen molar-refractivity contribution in [1.82, 2.24) is 0 Å². The first-order chi connectivity index (χ1) is 9.60. The lowest BCUT2D eigenvalue weighted by atomic mass is 10.0. The second-order valence-corrected chi connectivity index (χ2v) is 4.68. The Kier molecular flexibility index (Phi) is 7.61. The van der Waals surface area contributed by atoms with Crippen LogP contribution in [-0.2, 0) is 4.79 Å². The molecular formula is C13H17ClF4N2O2. The molecule has 0 fully saturated rings. The van der Waals surface area contributed by atoms with Crippen LogP contribution in [0.4, 0.5) is 23.2 Å². The van der Waals surface area contributed by atoms with Gasteiger partial charge in [-0.15, -0.1) is 12.4 Å². The van der Waals surface area contributed by atoms with Crippen LogP contribution in [-0.4, -0.2) is 24.7 Å². The van der Waals surface area contributed by atoms with Gasteiger partial charge in [-0.1, -0.05) is 6.92 Å². The van der Waals surface area contributed by atoms with Gasteiger partial charge in [-0.25, -0.2) is 4.39 Å². The molecule has 1 amide bonds. The molecule has 0 heterocycles. The van der Waals surface area contributed by atoms with Gasteiger partial charge in [-0.2, -0.15) is 13.2 Å². The maximum atomic E-state index is 13.2. The molecule has 0 aromatic heterocycles. The summed E-state index contributed by atoms with van der Waals surface area (Å²) >= 11 is 0. The third-order valence-electron chi connectivity index (χ3n) is 2.79. The molecule has 3 N–H and O–H groups in total. The summed E-state index contributed by atoms with van der Waals surface area (Å²) in [5.41, 5.74) is 5.39. The lowest BCUT2D eigenvalue weighted by molar-refractivity contribution is -0.153. The van der Waals surface area contributed by atoms with E-state index in [1.165, 1.54) is 0 Å². The Morgan fingerprint density at radius 2 is 1.95 bits per heavy atom. The Labute approximate surface area is 131 Å². The average Bonchev–Trinajstić information content (AvgIpc) is 2.35. The number of hydrogen-bond acceptors (Lipinski definition) is 3. The van der Waals surface area contributed by atoms with Gasteiger partial charge in [0.25, 0.3) is 0 Å². The van der Waals surface area contributed by atoms with Crippen LogP contribution < -0.4 is 15.8 Å². The van der Waals surface area contributed by atoms with E-state index in [4.69, 9.17) is 5.73 Å². The summed E-state index contributed by atoms with van der Waals surface area (Å²) < 4.78 is 54.2. The van der Waals surface area contributed by atoms with Crippen molar-refractivity contribution < 1.29 is 27.1 Å². The SMILES string of the molecule is CC(N)C(C)C(=O)Nc1cc(F)ccc1OCC(F)(F)F.Cl. The van der Waals surface area contributed by atoms with Gasteiger partial charge in [0.05, 0.1) is 11.6 Å². The molecule has 2 atom stereocenters. The van der Waals surface area contributed by atoms with Crippen LogP contribution in [0.15, 0.2) is 18.2 Å². The highest BCUT2D eigenvalue weighted by Gasteiger charge is 2.29. The molecule has 0 radical (unpaired) electrons. The summed E-state index contributed by atoms with van der Waals surface area (Å²) in [4.78, 5) is 11.8. The van der Waals surface area contributed by atoms with Crippen molar-refractivity contribution in [2.75, 3.05) is 11.9 Å². The van der Waals surface area contributed by atoms with E-state index >= 15 is 0 Å². The number of nitrogens with one attached hydrogen (secondary N) is 1. The number of carbonyl (C=O) groups is 1. The van der Waals surface area contributed by atoms with E-state index in [0.717, 1.165) is 18.2 Å². The minimum absolute atomic E-state index is 0. The summed E-state index contributed by atoms with van der Waals surface area (Å²) in [6.45, 7) is 1.62. The first-order valence-corrected chi connectivity index (χ1v) is 6.15. The van der Waals surface area contributed by atoms with Crippen molar-refractivity contribution in [3.05, 3.63) is 24.0 Å². The van der Waals surface area contributed by atoms with E-state index in [-0.39, 0.29) is 23.8 Å². The fourth-order valence-corrected chi connectivity index (χ4v) is 1.37. The molecule has 0 aliphatic heterocycles. The summed E-state index contributed by atoms with van der Waals surface area (Å²) in [7, 11) is 0. The molecule has 22 heavy (non-hydrogen) atoms. The molecule has 0 aliphatic carbocycles. The van der Waals surface area contributed by atoms with E-state index in [1.807, 2.05) is 0 Å². The van der Waals surface area contributed by atoms with Crippen LogP contribution in [0, 0.1) is 11.7 Å². The highest BCUT2D eigenvalue weighted by molar-refractivity contribution is 5.94. The zero-order chi connectivity index (χ0) is 16.2. The van der Waals surface area contributed by atoms with E-state index in [9.17, 15) is 22.4 Å². The molecule has 0 bridgehead atoms. The summed E-state index contributed by atoms with van der Waals surface area (Å²) in [5, 5.41) is 2.32. The largest absolute Gasteiger partial charge is 0.482 e. The second-order valence-electron chi connectivity index (χ2n) is 4.68. The molecule has 1 rings (SSSR count). The minimum Gasteiger partial charge on any atom is -0.482 e. The highest BCUT2D eigenvalue weighted by atomic mass is 35.5. The van der Waals surface area contributed by atoms with Gasteiger partial charge < -0.3 is 15.8 Å². The summed E-state index contributed by atoms with van der Waals surface area (Å²) in [6, 6.07) is 2.39. The molecule has 1 aromatic carbocycles. The predicted molar refractivity (Wildman–Crippen MR) is 76.6 cm³/mol. The van der Waals surface area contributed by atoms with Crippen LogP contribution in [0.5, 0.6) is 5.75 Å². The normalized spacial score (nSPS) is 13.8. The van der Waals surface area contributed by atoms with Gasteiger partial charge >= 0.3 is 6.18 Å². The zero-order valence-corrected chi connectivity index (χ0v) is 12.7. The Balaban J connectivity index is 0.00000441. The smallest absolute Gasteiger partial charge is 0.422 e. The Morgan fingerprint density at radius 3 is 2.45 bits per heavy atom. The molecule has 0 saturated carbocycles. The van der Waals surface area contributed by atoms with E-state index in [0.29, 0.717) is 0 Å². The lowest BCUT2D eigenvalue weighted by Crippen LogP contribution is -2.34. The Bertz CT molecular complexity index is 509. The molecule has 1 aromatic rings. The zero-order valence-electron chi connectivity index (χ0n) is 11.9. The molecule has 0 saturated heterocycles. The maximum Gasteiger partial charge on any atom is 0.422 e. The summed E-state index contributed by atoms with van der Waals surface area (Å²) in [6.07, 6.45) is -4.53. The highest BCUT2D eigenvalue weighted by Crippen LogP contribution is 2.28.